The van der Waals surface area contributed by atoms with Crippen LogP contribution in [0.5, 0.6) is 0 Å². The predicted octanol–water partition coefficient (Wildman–Crippen LogP) is 3.93. The maximum Gasteiger partial charge on any atom is 0.429 e. The maximum atomic E-state index is 12.7. The number of amides is 2. The van der Waals surface area contributed by atoms with Crippen LogP contribution in [0.1, 0.15) is 0 Å². The summed E-state index contributed by atoms with van der Waals surface area (Å²) in [5, 5.41) is 19.6. The van der Waals surface area contributed by atoms with Gasteiger partial charge in [-0.1, -0.05) is 6.07 Å². The molecule has 0 heterocycles. The normalized spacial score (nSPS) is 13.3. The number of rotatable bonds is 3. The van der Waals surface area contributed by atoms with Crippen molar-refractivity contribution < 1.29 is 49.5 Å². The van der Waals surface area contributed by atoms with E-state index in [2.05, 4.69) is 0 Å². The van der Waals surface area contributed by atoms with Gasteiger partial charge in [-0.3, -0.25) is 5.21 Å². The van der Waals surface area contributed by atoms with Gasteiger partial charge in [0.05, 0.1) is 5.69 Å². The molecule has 148 valence electrons. The fourth-order valence-corrected chi connectivity index (χ4v) is 1.73. The van der Waals surface area contributed by atoms with Gasteiger partial charge in [-0.15, -0.1) is 0 Å². The summed E-state index contributed by atoms with van der Waals surface area (Å²) in [7, 11) is 0. The first-order chi connectivity index (χ1) is 11.5. The van der Waals surface area contributed by atoms with E-state index in [0.717, 1.165) is 18.2 Å². The summed E-state index contributed by atoms with van der Waals surface area (Å²) in [6, 6.07) is 0.731. The fourth-order valence-electron chi connectivity index (χ4n) is 1.73. The molecule has 6 nitrogen and oxygen atoms in total. The highest BCUT2D eigenvalue weighted by Gasteiger charge is 2.84. The molecule has 3 N–H and O–H groups in total. The number of carbonyl (C=O) groups excluding carboxylic acids is 1. The number of benzene rings is 1. The molecule has 0 aliphatic carbocycles. The molecule has 0 spiro atoms. The Kier molecular flexibility index (Phi) is 5.58. The Hall–Kier alpha value is -2.42. The van der Waals surface area contributed by atoms with Gasteiger partial charge >= 0.3 is 30.1 Å². The van der Waals surface area contributed by atoms with Crippen LogP contribution in [0, 0.1) is 5.21 Å². The van der Waals surface area contributed by atoms with Crippen LogP contribution in [-0.2, 0) is 0 Å². The van der Waals surface area contributed by atoms with E-state index in [0.29, 0.717) is 6.07 Å². The van der Waals surface area contributed by atoms with Crippen molar-refractivity contribution >= 4 is 17.4 Å². The van der Waals surface area contributed by atoms with Crippen molar-refractivity contribution in [3.05, 3.63) is 29.5 Å². The summed E-state index contributed by atoms with van der Waals surface area (Å²) in [6.07, 6.45) is -20.9. The van der Waals surface area contributed by atoms with Crippen LogP contribution in [0.25, 0.3) is 0 Å². The van der Waals surface area contributed by atoms with Gasteiger partial charge in [-0.05, 0) is 18.2 Å². The lowest BCUT2D eigenvalue weighted by molar-refractivity contribution is -0.386. The molecule has 0 atom stereocenters. The lowest BCUT2D eigenvalue weighted by atomic mass is 9.97. The Labute approximate surface area is 137 Å². The summed E-state index contributed by atoms with van der Waals surface area (Å²) >= 11 is 0. The molecule has 0 unspecified atom stereocenters. The van der Waals surface area contributed by atoms with E-state index in [1.807, 2.05) is 0 Å². The summed E-state index contributed by atoms with van der Waals surface area (Å²) < 4.78 is 114. The third kappa shape index (κ3) is 4.04. The van der Waals surface area contributed by atoms with Gasteiger partial charge < -0.3 is 21.1 Å². The van der Waals surface area contributed by atoms with E-state index >= 15 is 0 Å². The van der Waals surface area contributed by atoms with Gasteiger partial charge in [0.25, 0.3) is 0 Å². The standard InChI is InChI=1S/C11H7F9N3O3/c12-9(13,14)8(10(15,16)17,11(18,19)20)22-7(24)21-5-2-1-3-6(4-5)23(25)26/h1-4,25H,(H2,21,22,24)/q-1. The lowest BCUT2D eigenvalue weighted by Gasteiger charge is -2.38. The highest BCUT2D eigenvalue weighted by atomic mass is 19.4. The van der Waals surface area contributed by atoms with Crippen molar-refractivity contribution in [2.45, 2.75) is 24.1 Å². The smallest absolute Gasteiger partial charge is 0.429 e. The van der Waals surface area contributed by atoms with Gasteiger partial charge in [0.15, 0.2) is 0 Å². The monoisotopic (exact) mass is 400 g/mol. The van der Waals surface area contributed by atoms with Crippen LogP contribution in [0.3, 0.4) is 0 Å². The van der Waals surface area contributed by atoms with Crippen LogP contribution in [0.2, 0.25) is 0 Å². The van der Waals surface area contributed by atoms with Crippen molar-refractivity contribution in [3.8, 4) is 0 Å². The molecule has 0 saturated heterocycles. The number of hydrogen-bond acceptors (Lipinski definition) is 4. The lowest BCUT2D eigenvalue weighted by Crippen LogP contribution is -2.75. The molecule has 1 rings (SSSR count). The van der Waals surface area contributed by atoms with Gasteiger partial charge in [0, 0.05) is 5.69 Å². The second-order valence-electron chi connectivity index (χ2n) is 4.65. The van der Waals surface area contributed by atoms with E-state index in [1.165, 1.54) is 5.32 Å². The Morgan fingerprint density at radius 1 is 0.962 bits per heavy atom. The molecule has 0 bridgehead atoms. The van der Waals surface area contributed by atoms with Gasteiger partial charge in [0.1, 0.15) is 0 Å². The molecule has 2 amide bonds. The quantitative estimate of drug-likeness (QED) is 0.530. The minimum atomic E-state index is -6.97. The summed E-state index contributed by atoms with van der Waals surface area (Å²) in [4.78, 5) is 11.4. The second kappa shape index (κ2) is 6.71. The number of hydrogen-bond donors (Lipinski definition) is 3. The summed E-state index contributed by atoms with van der Waals surface area (Å²) in [5.41, 5.74) is -7.82. The van der Waals surface area contributed by atoms with Crippen molar-refractivity contribution in [1.82, 2.24) is 5.32 Å². The fraction of sp³-hybridized carbons (Fsp3) is 0.364. The molecule has 26 heavy (non-hydrogen) atoms. The van der Waals surface area contributed by atoms with E-state index in [4.69, 9.17) is 5.21 Å². The van der Waals surface area contributed by atoms with Gasteiger partial charge in [-0.2, -0.15) is 39.5 Å². The molecule has 0 fully saturated rings. The number of urea groups is 1. The average molecular weight is 400 g/mol. The van der Waals surface area contributed by atoms with Crippen molar-refractivity contribution in [1.29, 1.82) is 0 Å². The van der Waals surface area contributed by atoms with Gasteiger partial charge in [-0.25, -0.2) is 4.79 Å². The highest BCUT2D eigenvalue weighted by molar-refractivity contribution is 5.90. The first-order valence-corrected chi connectivity index (χ1v) is 6.08. The van der Waals surface area contributed by atoms with Crippen LogP contribution >= 0.6 is 0 Å². The minimum Gasteiger partial charge on any atom is -0.733 e. The SMILES string of the molecule is O=C(Nc1cccc(N([O-])O)c1)NC(C(F)(F)F)(C(F)(F)F)C(F)(F)F. The molecule has 0 aliphatic heterocycles. The second-order valence-corrected chi connectivity index (χ2v) is 4.65. The zero-order valence-corrected chi connectivity index (χ0v) is 11.9. The third-order valence-electron chi connectivity index (χ3n) is 2.90. The average Bonchev–Trinajstić information content (AvgIpc) is 2.40. The van der Waals surface area contributed by atoms with Crippen molar-refractivity contribution in [2.75, 3.05) is 10.5 Å². The molecule has 0 aliphatic rings. The molecule has 1 aromatic rings. The number of anilines is 2. The zero-order valence-electron chi connectivity index (χ0n) is 11.9. The summed E-state index contributed by atoms with van der Waals surface area (Å²) in [5.74, 6) is 0. The number of nitrogens with one attached hydrogen (secondary N) is 2. The molecular weight excluding hydrogens is 393 g/mol. The molecule has 1 aromatic carbocycles. The maximum absolute atomic E-state index is 12.7. The van der Waals surface area contributed by atoms with Crippen molar-refractivity contribution in [3.63, 3.8) is 0 Å². The van der Waals surface area contributed by atoms with Crippen LogP contribution in [0.4, 0.5) is 55.7 Å². The van der Waals surface area contributed by atoms with E-state index < -0.39 is 46.7 Å². The van der Waals surface area contributed by atoms with Crippen LogP contribution in [-0.4, -0.2) is 35.3 Å². The zero-order chi connectivity index (χ0) is 20.6. The Morgan fingerprint density at radius 2 is 1.42 bits per heavy atom. The van der Waals surface area contributed by atoms with E-state index in [1.54, 1.807) is 0 Å². The van der Waals surface area contributed by atoms with Crippen LogP contribution in [0.15, 0.2) is 24.3 Å². The molecule has 0 radical (unpaired) electrons. The van der Waals surface area contributed by atoms with E-state index in [-0.39, 0.29) is 5.32 Å². The molecular formula is C11H7F9N3O3-. The van der Waals surface area contributed by atoms with Crippen LogP contribution < -0.4 is 15.9 Å². The first-order valence-electron chi connectivity index (χ1n) is 6.08. The topological polar surface area (TPSA) is 87.7 Å². The molecule has 0 aromatic heterocycles. The van der Waals surface area contributed by atoms with Crippen molar-refractivity contribution in [2.24, 2.45) is 0 Å². The summed E-state index contributed by atoms with van der Waals surface area (Å²) in [6.45, 7) is 0. The first kappa shape index (κ1) is 21.6. The number of alkyl halides is 9. The number of nitrogens with zero attached hydrogens (tertiary/aromatic N) is 1. The largest absolute Gasteiger partial charge is 0.733 e. The Balaban J connectivity index is 3.24. The number of halogens is 9. The minimum absolute atomic E-state index is 0.132. The Bertz CT molecular complexity index is 619. The highest BCUT2D eigenvalue weighted by Crippen LogP contribution is 2.52. The Morgan fingerprint density at radius 3 is 1.81 bits per heavy atom. The predicted molar refractivity (Wildman–Crippen MR) is 67.1 cm³/mol. The number of carbonyl (C=O) groups is 1. The van der Waals surface area contributed by atoms with E-state index in [9.17, 15) is 49.5 Å². The molecule has 15 heteroatoms. The van der Waals surface area contributed by atoms with Gasteiger partial charge in [0.2, 0.25) is 0 Å². The third-order valence-corrected chi connectivity index (χ3v) is 2.90. The molecule has 0 saturated carbocycles.